The maximum Gasteiger partial charge on any atom is 0.317 e. The molecule has 116 valence electrons. The summed E-state index contributed by atoms with van der Waals surface area (Å²) in [5.41, 5.74) is 0. The van der Waals surface area contributed by atoms with Gasteiger partial charge in [0.25, 0.3) is 0 Å². The molecule has 1 fully saturated rings. The first kappa shape index (κ1) is 15.9. The van der Waals surface area contributed by atoms with Crippen LogP contribution in [0.5, 0.6) is 5.75 Å². The van der Waals surface area contributed by atoms with Gasteiger partial charge in [-0.1, -0.05) is 11.6 Å². The molecule has 0 saturated carbocycles. The van der Waals surface area contributed by atoms with Gasteiger partial charge in [0.1, 0.15) is 11.9 Å². The van der Waals surface area contributed by atoms with E-state index in [1.54, 1.807) is 17.0 Å². The van der Waals surface area contributed by atoms with Gasteiger partial charge in [-0.2, -0.15) is 0 Å². The largest absolute Gasteiger partial charge is 0.487 e. The molecule has 2 amide bonds. The molecule has 1 aliphatic rings. The zero-order valence-corrected chi connectivity index (χ0v) is 12.4. The highest BCUT2D eigenvalue weighted by Crippen LogP contribution is 2.20. The van der Waals surface area contributed by atoms with Crippen LogP contribution in [0.1, 0.15) is 0 Å². The number of hydrogen-bond acceptors (Lipinski definition) is 4. The number of benzene rings is 1. The number of amides is 2. The number of nitrogens with zero attached hydrogens (tertiary/aromatic N) is 1. The number of urea groups is 1. The zero-order chi connectivity index (χ0) is 15.1. The van der Waals surface area contributed by atoms with Gasteiger partial charge in [-0.25, -0.2) is 4.79 Å². The molecule has 21 heavy (non-hydrogen) atoms. The average Bonchev–Trinajstić information content (AvgIpc) is 2.44. The van der Waals surface area contributed by atoms with Crippen molar-refractivity contribution in [2.24, 2.45) is 0 Å². The van der Waals surface area contributed by atoms with Crippen LogP contribution in [0.2, 0.25) is 5.02 Å². The van der Waals surface area contributed by atoms with Crippen molar-refractivity contribution in [3.05, 3.63) is 29.3 Å². The van der Waals surface area contributed by atoms with Crippen molar-refractivity contribution in [3.8, 4) is 5.75 Å². The molecule has 7 heteroatoms. The lowest BCUT2D eigenvalue weighted by Crippen LogP contribution is -2.59. The summed E-state index contributed by atoms with van der Waals surface area (Å²) in [6.07, 6.45) is 0.0163. The minimum absolute atomic E-state index is 0.0101. The zero-order valence-electron chi connectivity index (χ0n) is 11.6. The summed E-state index contributed by atoms with van der Waals surface area (Å²) in [5.74, 6) is 0.752. The molecule has 1 aromatic rings. The van der Waals surface area contributed by atoms with Crippen LogP contribution in [-0.2, 0) is 4.74 Å². The van der Waals surface area contributed by atoms with Crippen molar-refractivity contribution in [3.63, 3.8) is 0 Å². The highest BCUT2D eigenvalue weighted by atomic mass is 35.5. The monoisotopic (exact) mass is 314 g/mol. The van der Waals surface area contributed by atoms with Gasteiger partial charge in [-0.05, 0) is 24.3 Å². The van der Waals surface area contributed by atoms with Crippen LogP contribution in [0.25, 0.3) is 0 Å². The van der Waals surface area contributed by atoms with E-state index in [9.17, 15) is 4.79 Å². The summed E-state index contributed by atoms with van der Waals surface area (Å²) in [5, 5.41) is 11.9. The lowest BCUT2D eigenvalue weighted by atomic mass is 10.2. The Morgan fingerprint density at radius 2 is 2.05 bits per heavy atom. The second-order valence-corrected chi connectivity index (χ2v) is 5.10. The maximum absolute atomic E-state index is 11.7. The Morgan fingerprint density at radius 3 is 2.71 bits per heavy atom. The molecule has 0 atom stereocenters. The SMILES string of the molecule is O=C(NCCOCCO)N1CC(Oc2ccc(Cl)cc2)C1. The fourth-order valence-electron chi connectivity index (χ4n) is 1.89. The molecule has 0 aliphatic carbocycles. The molecule has 0 bridgehead atoms. The molecule has 6 nitrogen and oxygen atoms in total. The Balaban J connectivity index is 1.60. The molecule has 1 heterocycles. The number of ether oxygens (including phenoxy) is 2. The van der Waals surface area contributed by atoms with Crippen LogP contribution in [0.3, 0.4) is 0 Å². The number of hydrogen-bond donors (Lipinski definition) is 2. The third-order valence-electron chi connectivity index (χ3n) is 3.01. The van der Waals surface area contributed by atoms with E-state index in [0.717, 1.165) is 5.75 Å². The smallest absolute Gasteiger partial charge is 0.317 e. The number of halogens is 1. The Bertz CT molecular complexity index is 449. The Morgan fingerprint density at radius 1 is 1.33 bits per heavy atom. The predicted octanol–water partition coefficient (Wildman–Crippen LogP) is 1.12. The van der Waals surface area contributed by atoms with Crippen LogP contribution < -0.4 is 10.1 Å². The number of carbonyl (C=O) groups excluding carboxylic acids is 1. The van der Waals surface area contributed by atoms with Crippen molar-refractivity contribution in [2.75, 3.05) is 39.5 Å². The topological polar surface area (TPSA) is 71.0 Å². The second kappa shape index (κ2) is 8.07. The van der Waals surface area contributed by atoms with E-state index in [4.69, 9.17) is 26.2 Å². The number of rotatable bonds is 7. The van der Waals surface area contributed by atoms with Gasteiger partial charge in [0.15, 0.2) is 0 Å². The standard InChI is InChI=1S/C14H19ClN2O4/c15-11-1-3-12(4-2-11)21-13-9-17(10-13)14(19)16-5-7-20-8-6-18/h1-4,13,18H,5-10H2,(H,16,19). The molecular formula is C14H19ClN2O4. The van der Waals surface area contributed by atoms with E-state index in [1.165, 1.54) is 0 Å². The van der Waals surface area contributed by atoms with Crippen molar-refractivity contribution in [1.29, 1.82) is 0 Å². The molecule has 2 rings (SSSR count). The van der Waals surface area contributed by atoms with Gasteiger partial charge in [0, 0.05) is 11.6 Å². The predicted molar refractivity (Wildman–Crippen MR) is 78.7 cm³/mol. The van der Waals surface area contributed by atoms with E-state index >= 15 is 0 Å². The number of aliphatic hydroxyl groups is 1. The van der Waals surface area contributed by atoms with E-state index in [0.29, 0.717) is 31.3 Å². The summed E-state index contributed by atoms with van der Waals surface area (Å²) in [7, 11) is 0. The fraction of sp³-hybridized carbons (Fsp3) is 0.500. The summed E-state index contributed by atoms with van der Waals surface area (Å²) >= 11 is 5.80. The van der Waals surface area contributed by atoms with E-state index in [2.05, 4.69) is 5.32 Å². The molecule has 0 unspecified atom stereocenters. The normalized spacial score (nSPS) is 14.7. The molecule has 1 aliphatic heterocycles. The van der Waals surface area contributed by atoms with Gasteiger partial charge >= 0.3 is 6.03 Å². The maximum atomic E-state index is 11.7. The van der Waals surface area contributed by atoms with Crippen LogP contribution in [-0.4, -0.2) is 61.6 Å². The molecule has 1 saturated heterocycles. The summed E-state index contributed by atoms with van der Waals surface area (Å²) < 4.78 is 10.8. The highest BCUT2D eigenvalue weighted by molar-refractivity contribution is 6.30. The van der Waals surface area contributed by atoms with Gasteiger partial charge in [0.2, 0.25) is 0 Å². The molecule has 1 aromatic carbocycles. The second-order valence-electron chi connectivity index (χ2n) is 4.67. The van der Waals surface area contributed by atoms with Gasteiger partial charge < -0.3 is 24.8 Å². The number of carbonyl (C=O) groups is 1. The third-order valence-corrected chi connectivity index (χ3v) is 3.26. The number of nitrogens with one attached hydrogen (secondary N) is 1. The summed E-state index contributed by atoms with van der Waals surface area (Å²) in [4.78, 5) is 13.4. The van der Waals surface area contributed by atoms with Gasteiger partial charge in [-0.3, -0.25) is 0 Å². The van der Waals surface area contributed by atoms with Crippen LogP contribution in [0, 0.1) is 0 Å². The van der Waals surface area contributed by atoms with E-state index in [-0.39, 0.29) is 25.3 Å². The first-order chi connectivity index (χ1) is 10.2. The van der Waals surface area contributed by atoms with Gasteiger partial charge in [-0.15, -0.1) is 0 Å². The molecular weight excluding hydrogens is 296 g/mol. The van der Waals surface area contributed by atoms with E-state index < -0.39 is 0 Å². The fourth-order valence-corrected chi connectivity index (χ4v) is 2.02. The Labute approximate surface area is 128 Å². The number of likely N-dealkylation sites (tertiary alicyclic amines) is 1. The van der Waals surface area contributed by atoms with Crippen molar-refractivity contribution < 1.29 is 19.4 Å². The first-order valence-corrected chi connectivity index (χ1v) is 7.20. The number of aliphatic hydroxyl groups excluding tert-OH is 1. The molecule has 0 spiro atoms. The van der Waals surface area contributed by atoms with Gasteiger partial charge in [0.05, 0.1) is 32.9 Å². The third kappa shape index (κ3) is 5.08. The quantitative estimate of drug-likeness (QED) is 0.740. The van der Waals surface area contributed by atoms with Crippen molar-refractivity contribution >= 4 is 17.6 Å². The lowest BCUT2D eigenvalue weighted by Gasteiger charge is -2.38. The molecule has 2 N–H and O–H groups in total. The van der Waals surface area contributed by atoms with Crippen LogP contribution in [0.4, 0.5) is 4.79 Å². The van der Waals surface area contributed by atoms with Crippen molar-refractivity contribution in [1.82, 2.24) is 10.2 Å². The van der Waals surface area contributed by atoms with Crippen LogP contribution >= 0.6 is 11.6 Å². The van der Waals surface area contributed by atoms with E-state index in [1.807, 2.05) is 12.1 Å². The first-order valence-electron chi connectivity index (χ1n) is 6.82. The van der Waals surface area contributed by atoms with Crippen molar-refractivity contribution in [2.45, 2.75) is 6.10 Å². The Hall–Kier alpha value is -1.50. The average molecular weight is 315 g/mol. The minimum atomic E-state index is -0.126. The highest BCUT2D eigenvalue weighted by Gasteiger charge is 2.32. The minimum Gasteiger partial charge on any atom is -0.487 e. The summed E-state index contributed by atoms with van der Waals surface area (Å²) in [6.45, 7) is 2.22. The lowest BCUT2D eigenvalue weighted by molar-refractivity contribution is 0.0428. The molecule has 0 radical (unpaired) electrons. The Kier molecular flexibility index (Phi) is 6.10. The molecule has 0 aromatic heterocycles. The summed E-state index contributed by atoms with van der Waals surface area (Å²) in [6, 6.07) is 7.03. The van der Waals surface area contributed by atoms with Crippen LogP contribution in [0.15, 0.2) is 24.3 Å².